The Balaban J connectivity index is 3.05. The lowest BCUT2D eigenvalue weighted by Gasteiger charge is -1.95. The zero-order valence-electron chi connectivity index (χ0n) is 6.23. The van der Waals surface area contributed by atoms with Gasteiger partial charge in [0.05, 0.1) is 27.8 Å². The summed E-state index contributed by atoms with van der Waals surface area (Å²) in [6.07, 6.45) is 1.22. The van der Waals surface area contributed by atoms with Crippen molar-refractivity contribution in [3.8, 4) is 0 Å². The molecule has 0 aromatic carbocycles. The number of carbonyl (C=O) groups is 1. The van der Waals surface area contributed by atoms with Crippen molar-refractivity contribution in [2.75, 3.05) is 0 Å². The maximum absolute atomic E-state index is 11.0. The lowest BCUT2D eigenvalue weighted by atomic mass is 10.3. The molecular formula is C6H4IN3O3. The van der Waals surface area contributed by atoms with Crippen LogP contribution in [0.15, 0.2) is 18.3 Å². The second-order valence-electron chi connectivity index (χ2n) is 2.08. The first kappa shape index (κ1) is 9.84. The summed E-state index contributed by atoms with van der Waals surface area (Å²) in [5.74, 6) is -0.454. The number of aromatic nitrogens is 1. The molecule has 1 aromatic heterocycles. The Labute approximate surface area is 87.0 Å². The fourth-order valence-corrected chi connectivity index (χ4v) is 0.982. The molecule has 1 amide bonds. The SMILES string of the molecule is O=C(NI)c1cc([N+](=O)[O-])ccn1. The van der Waals surface area contributed by atoms with Crippen molar-refractivity contribution in [3.05, 3.63) is 34.1 Å². The number of halogens is 1. The monoisotopic (exact) mass is 293 g/mol. The highest BCUT2D eigenvalue weighted by Crippen LogP contribution is 2.10. The van der Waals surface area contributed by atoms with Crippen molar-refractivity contribution < 1.29 is 9.72 Å². The van der Waals surface area contributed by atoms with Gasteiger partial charge in [0.1, 0.15) is 5.69 Å². The standard InChI is InChI=1S/C6H4IN3O3/c7-9-6(11)5-3-4(10(12)13)1-2-8-5/h1-3H,(H,9,11). The fourth-order valence-electron chi connectivity index (χ4n) is 0.706. The Hall–Kier alpha value is -1.25. The van der Waals surface area contributed by atoms with Crippen LogP contribution >= 0.6 is 22.9 Å². The second kappa shape index (κ2) is 4.12. The maximum atomic E-state index is 11.0. The molecular weight excluding hydrogens is 289 g/mol. The molecule has 0 saturated heterocycles. The van der Waals surface area contributed by atoms with Gasteiger partial charge >= 0.3 is 0 Å². The van der Waals surface area contributed by atoms with Crippen LogP contribution in [0.5, 0.6) is 0 Å². The average molecular weight is 293 g/mol. The van der Waals surface area contributed by atoms with Crippen LogP contribution < -0.4 is 3.53 Å². The van der Waals surface area contributed by atoms with Gasteiger partial charge in [0.2, 0.25) is 0 Å². The molecule has 0 aliphatic heterocycles. The minimum atomic E-state index is -0.578. The third-order valence-electron chi connectivity index (χ3n) is 1.27. The number of hydrogen-bond donors (Lipinski definition) is 1. The third kappa shape index (κ3) is 2.34. The predicted octanol–water partition coefficient (Wildman–Crippen LogP) is 1.07. The molecule has 13 heavy (non-hydrogen) atoms. The molecule has 1 aromatic rings. The molecule has 0 atom stereocenters. The number of carbonyl (C=O) groups excluding carboxylic acids is 1. The van der Waals surface area contributed by atoms with E-state index in [1.807, 2.05) is 0 Å². The van der Waals surface area contributed by atoms with Crippen LogP contribution in [0, 0.1) is 10.1 Å². The molecule has 1 rings (SSSR count). The van der Waals surface area contributed by atoms with E-state index in [0.717, 1.165) is 6.07 Å². The number of hydrogen-bond acceptors (Lipinski definition) is 4. The molecule has 0 bridgehead atoms. The smallest absolute Gasteiger partial charge is 0.278 e. The van der Waals surface area contributed by atoms with Gasteiger partial charge in [-0.1, -0.05) is 0 Å². The minimum Gasteiger partial charge on any atom is -0.293 e. The maximum Gasteiger partial charge on any atom is 0.278 e. The number of amides is 1. The minimum absolute atomic E-state index is 0.0311. The van der Waals surface area contributed by atoms with Gasteiger partial charge < -0.3 is 0 Å². The number of pyridine rings is 1. The molecule has 0 aliphatic rings. The van der Waals surface area contributed by atoms with Gasteiger partial charge in [-0.2, -0.15) is 0 Å². The van der Waals surface area contributed by atoms with E-state index < -0.39 is 10.8 Å². The van der Waals surface area contributed by atoms with Gasteiger partial charge in [-0.05, 0) is 0 Å². The molecule has 7 heteroatoms. The van der Waals surface area contributed by atoms with Crippen molar-refractivity contribution in [3.63, 3.8) is 0 Å². The van der Waals surface area contributed by atoms with Crippen molar-refractivity contribution in [2.45, 2.75) is 0 Å². The normalized spacial score (nSPS) is 9.31. The second-order valence-corrected chi connectivity index (χ2v) is 2.62. The largest absolute Gasteiger partial charge is 0.293 e. The Morgan fingerprint density at radius 2 is 2.38 bits per heavy atom. The molecule has 0 spiro atoms. The molecule has 0 fully saturated rings. The van der Waals surface area contributed by atoms with Crippen LogP contribution in [0.4, 0.5) is 5.69 Å². The third-order valence-corrected chi connectivity index (χ3v) is 1.76. The van der Waals surface area contributed by atoms with Crippen molar-refractivity contribution in [2.24, 2.45) is 0 Å². The van der Waals surface area contributed by atoms with E-state index in [2.05, 4.69) is 8.51 Å². The van der Waals surface area contributed by atoms with Gasteiger partial charge in [-0.3, -0.25) is 23.4 Å². The van der Waals surface area contributed by atoms with Crippen LogP contribution in [0.1, 0.15) is 10.5 Å². The Bertz CT molecular complexity index is 355. The Morgan fingerprint density at radius 3 is 2.92 bits per heavy atom. The van der Waals surface area contributed by atoms with Crippen LogP contribution in [0.25, 0.3) is 0 Å². The van der Waals surface area contributed by atoms with Crippen LogP contribution in [0.2, 0.25) is 0 Å². The van der Waals surface area contributed by atoms with E-state index in [-0.39, 0.29) is 11.4 Å². The lowest BCUT2D eigenvalue weighted by molar-refractivity contribution is -0.385. The first-order chi connectivity index (χ1) is 6.15. The molecule has 0 unspecified atom stereocenters. The van der Waals surface area contributed by atoms with Crippen LogP contribution in [-0.2, 0) is 0 Å². The number of nitrogens with one attached hydrogen (secondary N) is 1. The highest BCUT2D eigenvalue weighted by molar-refractivity contribution is 14.1. The summed E-state index contributed by atoms with van der Waals surface area (Å²) in [5, 5.41) is 10.3. The van der Waals surface area contributed by atoms with Gasteiger partial charge in [-0.15, -0.1) is 0 Å². The summed E-state index contributed by atoms with van der Waals surface area (Å²) in [5.41, 5.74) is -0.117. The molecule has 6 nitrogen and oxygen atoms in total. The zero-order chi connectivity index (χ0) is 9.84. The van der Waals surface area contributed by atoms with E-state index in [4.69, 9.17) is 0 Å². The summed E-state index contributed by atoms with van der Waals surface area (Å²) >= 11 is 1.64. The molecule has 1 heterocycles. The molecule has 0 aliphatic carbocycles. The van der Waals surface area contributed by atoms with Gasteiger partial charge in [0, 0.05) is 18.3 Å². The number of nitrogens with zero attached hydrogens (tertiary/aromatic N) is 2. The average Bonchev–Trinajstić information content (AvgIpc) is 2.17. The van der Waals surface area contributed by atoms with E-state index >= 15 is 0 Å². The molecule has 68 valence electrons. The highest BCUT2D eigenvalue weighted by Gasteiger charge is 2.11. The van der Waals surface area contributed by atoms with Crippen molar-refractivity contribution in [1.29, 1.82) is 0 Å². The van der Waals surface area contributed by atoms with Crippen LogP contribution in [0.3, 0.4) is 0 Å². The Kier molecular flexibility index (Phi) is 3.12. The number of rotatable bonds is 2. The molecule has 0 saturated carbocycles. The van der Waals surface area contributed by atoms with Crippen molar-refractivity contribution >= 4 is 34.5 Å². The predicted molar refractivity (Wildman–Crippen MR) is 52.4 cm³/mol. The summed E-state index contributed by atoms with van der Waals surface area (Å²) in [4.78, 5) is 24.4. The fraction of sp³-hybridized carbons (Fsp3) is 0. The molecule has 0 radical (unpaired) electrons. The summed E-state index contributed by atoms with van der Waals surface area (Å²) in [6, 6.07) is 2.35. The summed E-state index contributed by atoms with van der Waals surface area (Å²) in [6.45, 7) is 0. The first-order valence-corrected chi connectivity index (χ1v) is 4.24. The lowest BCUT2D eigenvalue weighted by Crippen LogP contribution is -2.13. The van der Waals surface area contributed by atoms with E-state index in [9.17, 15) is 14.9 Å². The van der Waals surface area contributed by atoms with E-state index in [1.54, 1.807) is 22.9 Å². The summed E-state index contributed by atoms with van der Waals surface area (Å²) in [7, 11) is 0. The zero-order valence-corrected chi connectivity index (χ0v) is 8.39. The van der Waals surface area contributed by atoms with Crippen molar-refractivity contribution in [1.82, 2.24) is 8.51 Å². The quantitative estimate of drug-likeness (QED) is 0.382. The molecule has 1 N–H and O–H groups in total. The van der Waals surface area contributed by atoms with Gasteiger partial charge in [0.25, 0.3) is 11.6 Å². The van der Waals surface area contributed by atoms with E-state index in [1.165, 1.54) is 12.3 Å². The summed E-state index contributed by atoms with van der Waals surface area (Å²) < 4.78 is 2.29. The van der Waals surface area contributed by atoms with E-state index in [0.29, 0.717) is 0 Å². The van der Waals surface area contributed by atoms with Crippen LogP contribution in [-0.4, -0.2) is 15.8 Å². The highest BCUT2D eigenvalue weighted by atomic mass is 127. The Morgan fingerprint density at radius 1 is 1.69 bits per heavy atom. The van der Waals surface area contributed by atoms with Gasteiger partial charge in [0.15, 0.2) is 0 Å². The van der Waals surface area contributed by atoms with Gasteiger partial charge in [-0.25, -0.2) is 0 Å². The first-order valence-electron chi connectivity index (χ1n) is 3.16. The number of nitro groups is 1. The topological polar surface area (TPSA) is 85.1 Å².